The Morgan fingerprint density at radius 1 is 1.19 bits per heavy atom. The van der Waals surface area contributed by atoms with Gasteiger partial charge in [0.25, 0.3) is 5.91 Å². The van der Waals surface area contributed by atoms with Gasteiger partial charge in [-0.2, -0.15) is 0 Å². The molecular weight excluding hydrogens is 408 g/mol. The number of hydrogen-bond acceptors (Lipinski definition) is 7. The number of rotatable bonds is 7. The van der Waals surface area contributed by atoms with E-state index < -0.39 is 0 Å². The summed E-state index contributed by atoms with van der Waals surface area (Å²) in [5.41, 5.74) is 3.81. The minimum absolute atomic E-state index is 0.207. The fraction of sp³-hybridized carbons (Fsp3) is 0.261. The first-order valence-corrected chi connectivity index (χ1v) is 10.4. The third kappa shape index (κ3) is 4.09. The van der Waals surface area contributed by atoms with Crippen molar-refractivity contribution in [3.63, 3.8) is 0 Å². The number of aryl methyl sites for hydroxylation is 2. The van der Waals surface area contributed by atoms with E-state index in [0.29, 0.717) is 35.5 Å². The molecule has 0 bridgehead atoms. The molecule has 1 aliphatic carbocycles. The smallest absolute Gasteiger partial charge is 0.255 e. The van der Waals surface area contributed by atoms with Crippen molar-refractivity contribution >= 4 is 11.6 Å². The number of amides is 1. The van der Waals surface area contributed by atoms with Crippen LogP contribution in [-0.2, 0) is 6.61 Å². The molecule has 0 unspecified atom stereocenters. The molecule has 1 aliphatic rings. The summed E-state index contributed by atoms with van der Waals surface area (Å²) in [6, 6.07) is 14.9. The average molecular weight is 430 g/mol. The molecule has 0 spiro atoms. The van der Waals surface area contributed by atoms with Gasteiger partial charge in [-0.25, -0.2) is 4.68 Å². The maximum absolute atomic E-state index is 12.7. The van der Waals surface area contributed by atoms with Crippen molar-refractivity contribution in [2.24, 2.45) is 0 Å². The molecule has 5 rings (SSSR count). The molecule has 9 heteroatoms. The largest absolute Gasteiger partial charge is 0.489 e. The first-order chi connectivity index (χ1) is 15.6. The quantitative estimate of drug-likeness (QED) is 0.470. The summed E-state index contributed by atoms with van der Waals surface area (Å²) in [6.07, 6.45) is 2.18. The van der Waals surface area contributed by atoms with Crippen LogP contribution in [0.25, 0.3) is 11.4 Å². The number of anilines is 1. The molecule has 162 valence electrons. The predicted octanol–water partition coefficient (Wildman–Crippen LogP) is 4.11. The van der Waals surface area contributed by atoms with Crippen molar-refractivity contribution < 1.29 is 14.1 Å². The van der Waals surface area contributed by atoms with E-state index in [-0.39, 0.29) is 5.91 Å². The topological polar surface area (TPSA) is 108 Å². The third-order valence-corrected chi connectivity index (χ3v) is 5.45. The molecule has 2 heterocycles. The second-order valence-corrected chi connectivity index (χ2v) is 7.83. The second-order valence-electron chi connectivity index (χ2n) is 7.83. The zero-order valence-corrected chi connectivity index (χ0v) is 17.8. The minimum atomic E-state index is -0.207. The van der Waals surface area contributed by atoms with Crippen LogP contribution in [0, 0.1) is 13.8 Å². The van der Waals surface area contributed by atoms with Crippen LogP contribution in [0.5, 0.6) is 5.75 Å². The Morgan fingerprint density at radius 2 is 2.00 bits per heavy atom. The van der Waals surface area contributed by atoms with Gasteiger partial charge in [-0.1, -0.05) is 17.3 Å². The molecule has 0 atom stereocenters. The van der Waals surface area contributed by atoms with Crippen LogP contribution in [0.1, 0.15) is 46.3 Å². The SMILES string of the molecule is Cc1noc(C)c1COc1ccc(C(=O)Nc2cccc(-c3nnnn3C3CC3)c2)cc1. The summed E-state index contributed by atoms with van der Waals surface area (Å²) < 4.78 is 12.8. The van der Waals surface area contributed by atoms with Crippen molar-refractivity contribution in [1.29, 1.82) is 0 Å². The Balaban J connectivity index is 1.24. The van der Waals surface area contributed by atoms with Crippen LogP contribution in [0.4, 0.5) is 5.69 Å². The van der Waals surface area contributed by atoms with Gasteiger partial charge in [0, 0.05) is 16.8 Å². The summed E-state index contributed by atoms with van der Waals surface area (Å²) in [4.78, 5) is 12.7. The lowest BCUT2D eigenvalue weighted by molar-refractivity contribution is 0.102. The zero-order valence-electron chi connectivity index (χ0n) is 17.8. The number of carbonyl (C=O) groups excluding carboxylic acids is 1. The number of hydrogen-bond donors (Lipinski definition) is 1. The molecule has 2 aromatic heterocycles. The lowest BCUT2D eigenvalue weighted by Crippen LogP contribution is -2.12. The van der Waals surface area contributed by atoms with E-state index in [4.69, 9.17) is 9.26 Å². The fourth-order valence-corrected chi connectivity index (χ4v) is 3.45. The van der Waals surface area contributed by atoms with Crippen LogP contribution in [0.3, 0.4) is 0 Å². The molecule has 1 amide bonds. The molecule has 32 heavy (non-hydrogen) atoms. The summed E-state index contributed by atoms with van der Waals surface area (Å²) in [5, 5.41) is 18.9. The number of nitrogens with zero attached hydrogens (tertiary/aromatic N) is 5. The highest BCUT2D eigenvalue weighted by Crippen LogP contribution is 2.36. The molecule has 0 radical (unpaired) electrons. The van der Waals surface area contributed by atoms with E-state index in [0.717, 1.165) is 35.4 Å². The zero-order chi connectivity index (χ0) is 22.1. The van der Waals surface area contributed by atoms with Crippen molar-refractivity contribution in [1.82, 2.24) is 25.4 Å². The molecule has 1 saturated carbocycles. The van der Waals surface area contributed by atoms with Crippen LogP contribution < -0.4 is 10.1 Å². The molecule has 4 aromatic rings. The number of benzene rings is 2. The molecular formula is C23H22N6O3. The third-order valence-electron chi connectivity index (χ3n) is 5.45. The molecule has 0 saturated heterocycles. The van der Waals surface area contributed by atoms with Gasteiger partial charge in [0.05, 0.1) is 17.3 Å². The number of tetrazole rings is 1. The van der Waals surface area contributed by atoms with Crippen molar-refractivity contribution in [2.75, 3.05) is 5.32 Å². The number of nitrogens with one attached hydrogen (secondary N) is 1. The summed E-state index contributed by atoms with van der Waals surface area (Å²) in [5.74, 6) is 1.91. The number of carbonyl (C=O) groups is 1. The summed E-state index contributed by atoms with van der Waals surface area (Å²) in [6.45, 7) is 4.09. The Morgan fingerprint density at radius 3 is 2.72 bits per heavy atom. The molecule has 1 N–H and O–H groups in total. The normalized spacial score (nSPS) is 13.2. The van der Waals surface area contributed by atoms with Crippen LogP contribution >= 0.6 is 0 Å². The lowest BCUT2D eigenvalue weighted by Gasteiger charge is -2.09. The lowest BCUT2D eigenvalue weighted by atomic mass is 10.1. The van der Waals surface area contributed by atoms with Gasteiger partial charge in [0.2, 0.25) is 0 Å². The van der Waals surface area contributed by atoms with Crippen molar-refractivity contribution in [2.45, 2.75) is 39.3 Å². The van der Waals surface area contributed by atoms with Gasteiger partial charge < -0.3 is 14.6 Å². The highest BCUT2D eigenvalue weighted by molar-refractivity contribution is 6.04. The van der Waals surface area contributed by atoms with Gasteiger partial charge >= 0.3 is 0 Å². The van der Waals surface area contributed by atoms with Gasteiger partial charge in [0.15, 0.2) is 5.82 Å². The van der Waals surface area contributed by atoms with E-state index in [1.54, 1.807) is 24.3 Å². The van der Waals surface area contributed by atoms with Gasteiger partial charge in [-0.15, -0.1) is 5.10 Å². The Labute approximate surface area is 184 Å². The monoisotopic (exact) mass is 430 g/mol. The number of aromatic nitrogens is 5. The molecule has 0 aliphatic heterocycles. The molecule has 2 aromatic carbocycles. The van der Waals surface area contributed by atoms with Gasteiger partial charge in [0.1, 0.15) is 18.1 Å². The minimum Gasteiger partial charge on any atom is -0.489 e. The first kappa shape index (κ1) is 19.9. The van der Waals surface area contributed by atoms with E-state index in [9.17, 15) is 4.79 Å². The predicted molar refractivity (Wildman–Crippen MR) is 116 cm³/mol. The van der Waals surface area contributed by atoms with Crippen LogP contribution in [0.15, 0.2) is 53.1 Å². The van der Waals surface area contributed by atoms with E-state index >= 15 is 0 Å². The van der Waals surface area contributed by atoms with Crippen LogP contribution in [0.2, 0.25) is 0 Å². The Kier molecular flexibility index (Phi) is 5.14. The first-order valence-electron chi connectivity index (χ1n) is 10.4. The highest BCUT2D eigenvalue weighted by Gasteiger charge is 2.28. The second kappa shape index (κ2) is 8.26. The van der Waals surface area contributed by atoms with Crippen molar-refractivity contribution in [3.05, 3.63) is 71.1 Å². The Hall–Kier alpha value is -4.01. The maximum Gasteiger partial charge on any atom is 0.255 e. The van der Waals surface area contributed by atoms with Gasteiger partial charge in [-0.3, -0.25) is 4.79 Å². The van der Waals surface area contributed by atoms with E-state index in [1.165, 1.54) is 0 Å². The van der Waals surface area contributed by atoms with Gasteiger partial charge in [-0.05, 0) is 73.5 Å². The fourth-order valence-electron chi connectivity index (χ4n) is 3.45. The summed E-state index contributed by atoms with van der Waals surface area (Å²) >= 11 is 0. The standard InChI is InChI=1S/C23H22N6O3/c1-14-21(15(2)32-26-14)13-31-20-10-6-16(7-11-20)23(30)24-18-5-3-4-17(12-18)22-25-27-28-29(22)19-8-9-19/h3-7,10-12,19H,8-9,13H2,1-2H3,(H,24,30). The average Bonchev–Trinajstić information content (AvgIpc) is 3.44. The Bertz CT molecular complexity index is 1240. The highest BCUT2D eigenvalue weighted by atomic mass is 16.5. The maximum atomic E-state index is 12.7. The summed E-state index contributed by atoms with van der Waals surface area (Å²) in [7, 11) is 0. The van der Waals surface area contributed by atoms with E-state index in [1.807, 2.05) is 42.8 Å². The molecule has 9 nitrogen and oxygen atoms in total. The number of ether oxygens (including phenoxy) is 1. The molecule has 1 fully saturated rings. The van der Waals surface area contributed by atoms with Crippen molar-refractivity contribution in [3.8, 4) is 17.1 Å². The van der Waals surface area contributed by atoms with Crippen LogP contribution in [-0.4, -0.2) is 31.3 Å². The van der Waals surface area contributed by atoms with E-state index in [2.05, 4.69) is 26.0 Å².